The highest BCUT2D eigenvalue weighted by atomic mass is 19.1. The smallest absolute Gasteiger partial charge is 0.253 e. The van der Waals surface area contributed by atoms with Crippen LogP contribution in [0.4, 0.5) is 10.2 Å². The van der Waals surface area contributed by atoms with E-state index in [1.807, 2.05) is 0 Å². The second kappa shape index (κ2) is 9.26. The van der Waals surface area contributed by atoms with Crippen LogP contribution in [-0.4, -0.2) is 55.2 Å². The van der Waals surface area contributed by atoms with E-state index in [-0.39, 0.29) is 18.3 Å². The Balaban J connectivity index is 1.44. The Morgan fingerprint density at radius 1 is 1.19 bits per heavy atom. The van der Waals surface area contributed by atoms with Crippen molar-refractivity contribution in [3.63, 3.8) is 0 Å². The monoisotopic (exact) mass is 358 g/mol. The number of benzene rings is 1. The van der Waals surface area contributed by atoms with Gasteiger partial charge in [0.05, 0.1) is 18.8 Å². The van der Waals surface area contributed by atoms with E-state index >= 15 is 0 Å². The number of halogens is 1. The zero-order valence-corrected chi connectivity index (χ0v) is 14.6. The van der Waals surface area contributed by atoms with Crippen molar-refractivity contribution in [1.29, 1.82) is 0 Å². The third-order valence-electron chi connectivity index (χ3n) is 4.26. The van der Waals surface area contributed by atoms with Gasteiger partial charge in [-0.2, -0.15) is 0 Å². The molecule has 3 rings (SSSR count). The fraction of sp³-hybridized carbons (Fsp3) is 0.368. The van der Waals surface area contributed by atoms with Crippen LogP contribution in [0.15, 0.2) is 42.6 Å². The van der Waals surface area contributed by atoms with E-state index in [9.17, 15) is 9.18 Å². The van der Waals surface area contributed by atoms with Crippen molar-refractivity contribution in [2.75, 3.05) is 44.7 Å². The Morgan fingerprint density at radius 2 is 2.00 bits per heavy atom. The van der Waals surface area contributed by atoms with Gasteiger partial charge in [0.25, 0.3) is 5.91 Å². The second-order valence-corrected chi connectivity index (χ2v) is 6.09. The second-order valence-electron chi connectivity index (χ2n) is 6.09. The van der Waals surface area contributed by atoms with Crippen LogP contribution in [0.5, 0.6) is 0 Å². The molecule has 0 aliphatic carbocycles. The van der Waals surface area contributed by atoms with Gasteiger partial charge in [-0.1, -0.05) is 18.2 Å². The minimum atomic E-state index is -0.328. The highest BCUT2D eigenvalue weighted by Crippen LogP contribution is 2.08. The van der Waals surface area contributed by atoms with Gasteiger partial charge in [-0.3, -0.25) is 9.69 Å². The topological polar surface area (TPSA) is 66.5 Å². The minimum Gasteiger partial charge on any atom is -0.379 e. The number of carbonyl (C=O) groups is 1. The molecule has 2 N–H and O–H groups in total. The lowest BCUT2D eigenvalue weighted by atomic mass is 10.2. The molecule has 1 aliphatic heterocycles. The van der Waals surface area contributed by atoms with Crippen molar-refractivity contribution < 1.29 is 13.9 Å². The lowest BCUT2D eigenvalue weighted by Gasteiger charge is -2.26. The molecule has 2 heterocycles. The Kier molecular flexibility index (Phi) is 6.51. The number of anilines is 1. The minimum absolute atomic E-state index is 0.144. The van der Waals surface area contributed by atoms with Crippen LogP contribution in [0.25, 0.3) is 0 Å². The first-order valence-electron chi connectivity index (χ1n) is 8.74. The molecule has 0 bridgehead atoms. The summed E-state index contributed by atoms with van der Waals surface area (Å²) in [6.45, 7) is 5.34. The van der Waals surface area contributed by atoms with Gasteiger partial charge in [-0.05, 0) is 18.2 Å². The Labute approximate surface area is 152 Å². The van der Waals surface area contributed by atoms with Crippen molar-refractivity contribution >= 4 is 11.7 Å². The number of nitrogens with zero attached hydrogens (tertiary/aromatic N) is 2. The molecule has 1 aromatic carbocycles. The lowest BCUT2D eigenvalue weighted by molar-refractivity contribution is 0.0398. The molecule has 138 valence electrons. The summed E-state index contributed by atoms with van der Waals surface area (Å²) >= 11 is 0. The van der Waals surface area contributed by atoms with Crippen molar-refractivity contribution in [3.8, 4) is 0 Å². The number of nitrogens with one attached hydrogen (secondary N) is 2. The van der Waals surface area contributed by atoms with Crippen LogP contribution in [0, 0.1) is 5.82 Å². The molecular formula is C19H23FN4O2. The maximum absolute atomic E-state index is 13.6. The quantitative estimate of drug-likeness (QED) is 0.791. The summed E-state index contributed by atoms with van der Waals surface area (Å²) in [7, 11) is 0. The average molecular weight is 358 g/mol. The van der Waals surface area contributed by atoms with E-state index in [1.165, 1.54) is 12.3 Å². The van der Waals surface area contributed by atoms with Gasteiger partial charge >= 0.3 is 0 Å². The molecule has 0 unspecified atom stereocenters. The molecule has 1 aliphatic rings. The summed E-state index contributed by atoms with van der Waals surface area (Å²) in [5, 5.41) is 5.95. The standard InChI is InChI=1S/C19H23FN4O2/c20-17-4-2-1-3-15(17)13-23-19(25)16-5-6-18(22-14-16)21-7-8-24-9-11-26-12-10-24/h1-6,14H,7-13H2,(H,21,22)(H,23,25). The van der Waals surface area contributed by atoms with Gasteiger partial charge in [-0.15, -0.1) is 0 Å². The van der Waals surface area contributed by atoms with Crippen molar-refractivity contribution in [2.24, 2.45) is 0 Å². The molecule has 1 aromatic heterocycles. The molecule has 0 saturated carbocycles. The maximum Gasteiger partial charge on any atom is 0.253 e. The summed E-state index contributed by atoms with van der Waals surface area (Å²) in [5.74, 6) is 0.121. The van der Waals surface area contributed by atoms with Crippen LogP contribution in [0.2, 0.25) is 0 Å². The molecular weight excluding hydrogens is 335 g/mol. The Bertz CT molecular complexity index is 718. The molecule has 1 fully saturated rings. The molecule has 7 heteroatoms. The van der Waals surface area contributed by atoms with Gasteiger partial charge in [0, 0.05) is 44.5 Å². The number of ether oxygens (including phenoxy) is 1. The van der Waals surface area contributed by atoms with Crippen molar-refractivity contribution in [1.82, 2.24) is 15.2 Å². The third kappa shape index (κ3) is 5.24. The highest BCUT2D eigenvalue weighted by Gasteiger charge is 2.10. The molecule has 6 nitrogen and oxygen atoms in total. The molecule has 1 saturated heterocycles. The largest absolute Gasteiger partial charge is 0.379 e. The number of carbonyl (C=O) groups excluding carboxylic acids is 1. The van der Waals surface area contributed by atoms with Crippen molar-refractivity contribution in [3.05, 3.63) is 59.5 Å². The fourth-order valence-corrected chi connectivity index (χ4v) is 2.72. The van der Waals surface area contributed by atoms with E-state index in [4.69, 9.17) is 4.74 Å². The summed E-state index contributed by atoms with van der Waals surface area (Å²) in [6, 6.07) is 9.87. The molecule has 0 atom stereocenters. The molecule has 2 aromatic rings. The fourth-order valence-electron chi connectivity index (χ4n) is 2.72. The zero-order chi connectivity index (χ0) is 18.2. The number of aromatic nitrogens is 1. The van der Waals surface area contributed by atoms with Gasteiger partial charge in [0.1, 0.15) is 11.6 Å². The Morgan fingerprint density at radius 3 is 2.73 bits per heavy atom. The Hall–Kier alpha value is -2.51. The van der Waals surface area contributed by atoms with Crippen LogP contribution < -0.4 is 10.6 Å². The van der Waals surface area contributed by atoms with E-state index in [0.29, 0.717) is 11.1 Å². The molecule has 0 spiro atoms. The summed E-state index contributed by atoms with van der Waals surface area (Å²) in [6.07, 6.45) is 1.52. The molecule has 1 amide bonds. The number of amides is 1. The first-order valence-corrected chi connectivity index (χ1v) is 8.74. The average Bonchev–Trinajstić information content (AvgIpc) is 2.68. The summed E-state index contributed by atoms with van der Waals surface area (Å²) in [5.41, 5.74) is 0.898. The zero-order valence-electron chi connectivity index (χ0n) is 14.6. The van der Waals surface area contributed by atoms with E-state index in [1.54, 1.807) is 30.3 Å². The number of pyridine rings is 1. The molecule has 0 radical (unpaired) electrons. The predicted octanol–water partition coefficient (Wildman–Crippen LogP) is 1.89. The highest BCUT2D eigenvalue weighted by molar-refractivity contribution is 5.94. The van der Waals surface area contributed by atoms with Crippen LogP contribution in [-0.2, 0) is 11.3 Å². The van der Waals surface area contributed by atoms with Gasteiger partial charge < -0.3 is 15.4 Å². The first kappa shape index (κ1) is 18.3. The van der Waals surface area contributed by atoms with Gasteiger partial charge in [0.2, 0.25) is 0 Å². The number of morpholine rings is 1. The van der Waals surface area contributed by atoms with Gasteiger partial charge in [0.15, 0.2) is 0 Å². The third-order valence-corrected chi connectivity index (χ3v) is 4.26. The van der Waals surface area contributed by atoms with E-state index in [0.717, 1.165) is 45.2 Å². The number of hydrogen-bond donors (Lipinski definition) is 2. The number of hydrogen-bond acceptors (Lipinski definition) is 5. The number of rotatable bonds is 7. The summed E-state index contributed by atoms with van der Waals surface area (Å²) < 4.78 is 18.9. The van der Waals surface area contributed by atoms with E-state index in [2.05, 4.69) is 20.5 Å². The first-order chi connectivity index (χ1) is 12.7. The maximum atomic E-state index is 13.6. The van der Waals surface area contributed by atoms with Crippen molar-refractivity contribution in [2.45, 2.75) is 6.54 Å². The SMILES string of the molecule is O=C(NCc1ccccc1F)c1ccc(NCCN2CCOCC2)nc1. The van der Waals surface area contributed by atoms with Crippen LogP contribution >= 0.6 is 0 Å². The van der Waals surface area contributed by atoms with Crippen LogP contribution in [0.3, 0.4) is 0 Å². The van der Waals surface area contributed by atoms with Gasteiger partial charge in [-0.25, -0.2) is 9.37 Å². The summed E-state index contributed by atoms with van der Waals surface area (Å²) in [4.78, 5) is 18.7. The lowest BCUT2D eigenvalue weighted by Crippen LogP contribution is -2.39. The molecule has 26 heavy (non-hydrogen) atoms. The predicted molar refractivity (Wildman–Crippen MR) is 97.6 cm³/mol. The van der Waals surface area contributed by atoms with Crippen LogP contribution in [0.1, 0.15) is 15.9 Å². The normalized spacial score (nSPS) is 14.8. The van der Waals surface area contributed by atoms with E-state index < -0.39 is 0 Å².